The Morgan fingerprint density at radius 2 is 1.50 bits per heavy atom. The Labute approximate surface area is 208 Å². The van der Waals surface area contributed by atoms with Crippen molar-refractivity contribution in [1.82, 2.24) is 5.32 Å². The highest BCUT2D eigenvalue weighted by Crippen LogP contribution is 2.28. The molecule has 0 aliphatic carbocycles. The molecule has 0 aliphatic rings. The van der Waals surface area contributed by atoms with Crippen molar-refractivity contribution in [3.8, 4) is 17.2 Å². The van der Waals surface area contributed by atoms with Crippen molar-refractivity contribution < 1.29 is 22.6 Å². The summed E-state index contributed by atoms with van der Waals surface area (Å²) in [5.74, 6) is 2.38. The lowest BCUT2D eigenvalue weighted by Crippen LogP contribution is -2.25. The van der Waals surface area contributed by atoms with E-state index in [0.717, 1.165) is 25.1 Å². The fourth-order valence-electron chi connectivity index (χ4n) is 3.60. The van der Waals surface area contributed by atoms with Gasteiger partial charge in [0.05, 0.1) is 30.6 Å². The average Bonchev–Trinajstić information content (AvgIpc) is 2.86. The van der Waals surface area contributed by atoms with Crippen LogP contribution in [0.5, 0.6) is 17.2 Å². The number of aryl methyl sites for hydroxylation is 1. The normalized spacial score (nSPS) is 11.9. The van der Waals surface area contributed by atoms with Gasteiger partial charge in [0.25, 0.3) is 0 Å². The Hall–Kier alpha value is -2.74. The van der Waals surface area contributed by atoms with Gasteiger partial charge in [-0.3, -0.25) is 0 Å². The Bertz CT molecular complexity index is 1120. The molecule has 0 saturated heterocycles. The third kappa shape index (κ3) is 7.13. The van der Waals surface area contributed by atoms with Gasteiger partial charge in [0.15, 0.2) is 11.5 Å². The molecular weight excluding hydrogens is 474 g/mol. The lowest BCUT2D eigenvalue weighted by atomic mass is 9.99. The van der Waals surface area contributed by atoms with Crippen molar-refractivity contribution in [2.24, 2.45) is 5.92 Å². The van der Waals surface area contributed by atoms with Crippen molar-refractivity contribution in [1.29, 1.82) is 0 Å². The van der Waals surface area contributed by atoms with E-state index < -0.39 is 9.84 Å². The Kier molecular flexibility index (Phi) is 10.7. The molecule has 0 heterocycles. The second-order valence-electron chi connectivity index (χ2n) is 7.75. The van der Waals surface area contributed by atoms with Gasteiger partial charge in [0.2, 0.25) is 9.84 Å². The predicted molar refractivity (Wildman–Crippen MR) is 136 cm³/mol. The summed E-state index contributed by atoms with van der Waals surface area (Å²) in [5, 5.41) is 3.22. The Morgan fingerprint density at radius 1 is 0.853 bits per heavy atom. The minimum absolute atomic E-state index is 0. The van der Waals surface area contributed by atoms with Gasteiger partial charge in [-0.1, -0.05) is 24.3 Å². The summed E-state index contributed by atoms with van der Waals surface area (Å²) < 4.78 is 42.2. The number of benzene rings is 3. The highest BCUT2D eigenvalue weighted by atomic mass is 35.5. The van der Waals surface area contributed by atoms with Crippen LogP contribution in [0.3, 0.4) is 0 Å². The standard InChI is InChI=1S/C26H31NO5S.ClH/c1-27-18-21(10-9-20-11-16-25(30-2)26(17-20)31-3)19-32-22-12-14-24(15-13-22)33(28,29)23-7-5-4-6-8-23;/h4-8,11-17,21,27H,9-10,18-19H2,1-3H3;1H. The highest BCUT2D eigenvalue weighted by molar-refractivity contribution is 7.91. The van der Waals surface area contributed by atoms with Gasteiger partial charge in [0.1, 0.15) is 5.75 Å². The van der Waals surface area contributed by atoms with Crippen molar-refractivity contribution in [3.05, 3.63) is 78.4 Å². The van der Waals surface area contributed by atoms with E-state index in [1.165, 1.54) is 5.56 Å². The van der Waals surface area contributed by atoms with E-state index >= 15 is 0 Å². The monoisotopic (exact) mass is 505 g/mol. The van der Waals surface area contributed by atoms with Crippen LogP contribution in [0.4, 0.5) is 0 Å². The summed E-state index contributed by atoms with van der Waals surface area (Å²) in [5.41, 5.74) is 1.17. The number of nitrogens with one attached hydrogen (secondary N) is 1. The molecule has 1 atom stereocenters. The molecule has 0 amide bonds. The molecular formula is C26H32ClNO5S. The topological polar surface area (TPSA) is 73.9 Å². The van der Waals surface area contributed by atoms with Crippen LogP contribution in [0, 0.1) is 5.92 Å². The third-order valence-electron chi connectivity index (χ3n) is 5.46. The van der Waals surface area contributed by atoms with Crippen molar-refractivity contribution in [3.63, 3.8) is 0 Å². The molecule has 3 rings (SSSR count). The average molecular weight is 506 g/mol. The first-order valence-corrected chi connectivity index (χ1v) is 12.3. The maximum atomic E-state index is 12.7. The van der Waals surface area contributed by atoms with Crippen LogP contribution in [0.1, 0.15) is 12.0 Å². The number of hydrogen-bond acceptors (Lipinski definition) is 6. The van der Waals surface area contributed by atoms with Gasteiger partial charge < -0.3 is 19.5 Å². The van der Waals surface area contributed by atoms with Crippen LogP contribution in [-0.4, -0.2) is 42.8 Å². The number of methoxy groups -OCH3 is 2. The zero-order valence-electron chi connectivity index (χ0n) is 19.7. The van der Waals surface area contributed by atoms with Crippen molar-refractivity contribution in [2.45, 2.75) is 22.6 Å². The largest absolute Gasteiger partial charge is 0.493 e. The lowest BCUT2D eigenvalue weighted by Gasteiger charge is -2.18. The highest BCUT2D eigenvalue weighted by Gasteiger charge is 2.17. The lowest BCUT2D eigenvalue weighted by molar-refractivity contribution is 0.238. The molecule has 0 saturated carbocycles. The van der Waals surface area contributed by atoms with Crippen LogP contribution < -0.4 is 19.5 Å². The molecule has 1 N–H and O–H groups in total. The zero-order chi connectivity index (χ0) is 23.7. The summed E-state index contributed by atoms with van der Waals surface area (Å²) in [6.07, 6.45) is 1.81. The molecule has 0 bridgehead atoms. The molecule has 8 heteroatoms. The van der Waals surface area contributed by atoms with Gasteiger partial charge in [0, 0.05) is 12.5 Å². The second-order valence-corrected chi connectivity index (χ2v) is 9.70. The molecule has 34 heavy (non-hydrogen) atoms. The fourth-order valence-corrected chi connectivity index (χ4v) is 4.89. The van der Waals surface area contributed by atoms with E-state index in [-0.39, 0.29) is 28.1 Å². The molecule has 6 nitrogen and oxygen atoms in total. The van der Waals surface area contributed by atoms with Crippen LogP contribution in [0.15, 0.2) is 82.6 Å². The first-order chi connectivity index (χ1) is 16.0. The smallest absolute Gasteiger partial charge is 0.206 e. The van der Waals surface area contributed by atoms with Crippen LogP contribution in [0.25, 0.3) is 0 Å². The van der Waals surface area contributed by atoms with Gasteiger partial charge >= 0.3 is 0 Å². The molecule has 184 valence electrons. The van der Waals surface area contributed by atoms with Crippen molar-refractivity contribution in [2.75, 3.05) is 34.4 Å². The third-order valence-corrected chi connectivity index (χ3v) is 7.24. The zero-order valence-corrected chi connectivity index (χ0v) is 21.3. The molecule has 0 aromatic heterocycles. The SMILES string of the molecule is CNCC(CCc1ccc(OC)c(OC)c1)COc1ccc(S(=O)(=O)c2ccccc2)cc1.Cl. The number of halogens is 1. The van der Waals surface area contributed by atoms with Gasteiger partial charge in [-0.25, -0.2) is 8.42 Å². The van der Waals surface area contributed by atoms with E-state index in [4.69, 9.17) is 14.2 Å². The number of ether oxygens (including phenoxy) is 3. The molecule has 0 fully saturated rings. The molecule has 3 aromatic carbocycles. The fraction of sp³-hybridized carbons (Fsp3) is 0.308. The first kappa shape index (κ1) is 27.5. The van der Waals surface area contributed by atoms with Gasteiger partial charge in [-0.15, -0.1) is 12.4 Å². The molecule has 3 aromatic rings. The summed E-state index contributed by atoms with van der Waals surface area (Å²) in [7, 11) is 1.65. The van der Waals surface area contributed by atoms with E-state index in [1.807, 2.05) is 25.2 Å². The maximum Gasteiger partial charge on any atom is 0.206 e. The van der Waals surface area contributed by atoms with E-state index in [1.54, 1.807) is 68.8 Å². The number of sulfone groups is 1. The van der Waals surface area contributed by atoms with Gasteiger partial charge in [-0.2, -0.15) is 0 Å². The minimum atomic E-state index is -3.53. The quantitative estimate of drug-likeness (QED) is 0.381. The summed E-state index contributed by atoms with van der Waals surface area (Å²) in [6.45, 7) is 1.34. The van der Waals surface area contributed by atoms with Gasteiger partial charge in [-0.05, 0) is 74.0 Å². The van der Waals surface area contributed by atoms with E-state index in [9.17, 15) is 8.42 Å². The first-order valence-electron chi connectivity index (χ1n) is 10.9. The number of rotatable bonds is 12. The Morgan fingerprint density at radius 3 is 2.12 bits per heavy atom. The van der Waals surface area contributed by atoms with Crippen LogP contribution in [-0.2, 0) is 16.3 Å². The molecule has 0 radical (unpaired) electrons. The Balaban J connectivity index is 0.00000408. The molecule has 0 spiro atoms. The molecule has 1 unspecified atom stereocenters. The number of hydrogen-bond donors (Lipinski definition) is 1. The second kappa shape index (κ2) is 13.2. The minimum Gasteiger partial charge on any atom is -0.493 e. The summed E-state index contributed by atoms with van der Waals surface area (Å²) >= 11 is 0. The van der Waals surface area contributed by atoms with Crippen LogP contribution >= 0.6 is 12.4 Å². The summed E-state index contributed by atoms with van der Waals surface area (Å²) in [4.78, 5) is 0.532. The van der Waals surface area contributed by atoms with Crippen LogP contribution in [0.2, 0.25) is 0 Å². The van der Waals surface area contributed by atoms with E-state index in [2.05, 4.69) is 5.32 Å². The van der Waals surface area contributed by atoms with Crippen molar-refractivity contribution >= 4 is 22.2 Å². The predicted octanol–water partition coefficient (Wildman–Crippen LogP) is 4.81. The summed E-state index contributed by atoms with van der Waals surface area (Å²) in [6, 6.07) is 21.0. The molecule has 0 aliphatic heterocycles. The van der Waals surface area contributed by atoms with E-state index in [0.29, 0.717) is 18.1 Å². The maximum absolute atomic E-state index is 12.7.